The highest BCUT2D eigenvalue weighted by Gasteiger charge is 2.33. The number of guanidine groups is 1. The summed E-state index contributed by atoms with van der Waals surface area (Å²) < 4.78 is 43.4. The van der Waals surface area contributed by atoms with Crippen molar-refractivity contribution in [2.75, 3.05) is 27.2 Å². The van der Waals surface area contributed by atoms with Crippen molar-refractivity contribution in [2.45, 2.75) is 19.6 Å². The Morgan fingerprint density at radius 3 is 2.52 bits per heavy atom. The summed E-state index contributed by atoms with van der Waals surface area (Å²) in [7, 11) is 3.44. The van der Waals surface area contributed by atoms with Crippen LogP contribution in [-0.2, 0) is 12.7 Å². The zero-order valence-corrected chi connectivity index (χ0v) is 18.4. The number of benzene rings is 1. The van der Waals surface area contributed by atoms with Gasteiger partial charge in [-0.25, -0.2) is 4.98 Å². The maximum absolute atomic E-state index is 12.6. The number of halogens is 4. The number of thiazole rings is 1. The second-order valence-electron chi connectivity index (χ2n) is 5.61. The number of likely N-dealkylation sites (N-methyl/N-ethyl adjacent to an activating group) is 1. The highest BCUT2D eigenvalue weighted by molar-refractivity contribution is 14.0. The van der Waals surface area contributed by atoms with Crippen LogP contribution >= 0.6 is 35.3 Å². The summed E-state index contributed by atoms with van der Waals surface area (Å²) in [6.07, 6.45) is -4.42. The fraction of sp³-hybridized carbons (Fsp3) is 0.412. The molecule has 10 heteroatoms. The molecule has 0 saturated carbocycles. The molecule has 0 bridgehead atoms. The van der Waals surface area contributed by atoms with Crippen LogP contribution in [0.25, 0.3) is 0 Å². The van der Waals surface area contributed by atoms with Crippen LogP contribution in [0, 0.1) is 6.92 Å². The number of aromatic nitrogens is 1. The van der Waals surface area contributed by atoms with E-state index in [2.05, 4.69) is 15.3 Å². The Morgan fingerprint density at radius 1 is 1.30 bits per heavy atom. The molecule has 1 aromatic heterocycles. The van der Waals surface area contributed by atoms with Crippen LogP contribution in [-0.4, -0.2) is 43.1 Å². The predicted molar refractivity (Wildman–Crippen MR) is 112 cm³/mol. The maximum Gasteiger partial charge on any atom is 0.434 e. The Morgan fingerprint density at radius 2 is 1.96 bits per heavy atom. The van der Waals surface area contributed by atoms with Gasteiger partial charge in [0.15, 0.2) is 11.7 Å². The second-order valence-corrected chi connectivity index (χ2v) is 6.55. The number of nitrogens with one attached hydrogen (secondary N) is 1. The Hall–Kier alpha value is -1.56. The molecule has 0 spiro atoms. The quantitative estimate of drug-likeness (QED) is 0.357. The largest absolute Gasteiger partial charge is 0.492 e. The molecule has 2 aromatic rings. The van der Waals surface area contributed by atoms with Gasteiger partial charge in [-0.1, -0.05) is 17.7 Å². The molecule has 0 saturated heterocycles. The first kappa shape index (κ1) is 23.5. The Balaban J connectivity index is 0.00000364. The molecule has 0 atom stereocenters. The first-order chi connectivity index (χ1) is 12.3. The molecule has 0 amide bonds. The number of alkyl halides is 3. The van der Waals surface area contributed by atoms with Gasteiger partial charge in [0.05, 0.1) is 13.1 Å². The number of aliphatic imine (C=N–C) groups is 1. The lowest BCUT2D eigenvalue weighted by Crippen LogP contribution is -2.40. The predicted octanol–water partition coefficient (Wildman–Crippen LogP) is 4.17. The Kier molecular flexibility index (Phi) is 9.30. The lowest BCUT2D eigenvalue weighted by molar-refractivity contribution is -0.140. The molecule has 1 N–H and O–H groups in total. The summed E-state index contributed by atoms with van der Waals surface area (Å²) in [5.41, 5.74) is 0.295. The zero-order valence-electron chi connectivity index (χ0n) is 15.2. The minimum atomic E-state index is -4.42. The van der Waals surface area contributed by atoms with Crippen molar-refractivity contribution in [1.82, 2.24) is 15.2 Å². The fourth-order valence-electron chi connectivity index (χ4n) is 2.10. The Labute approximate surface area is 177 Å². The van der Waals surface area contributed by atoms with Crippen LogP contribution in [0.4, 0.5) is 13.2 Å². The van der Waals surface area contributed by atoms with Crippen molar-refractivity contribution >= 4 is 41.3 Å². The number of rotatable bonds is 6. The molecular formula is C17H22F3IN4OS. The molecule has 150 valence electrons. The molecule has 0 aliphatic rings. The first-order valence-corrected chi connectivity index (χ1v) is 8.80. The third-order valence-corrected chi connectivity index (χ3v) is 4.38. The zero-order chi connectivity index (χ0) is 19.2. The van der Waals surface area contributed by atoms with E-state index < -0.39 is 11.9 Å². The van der Waals surface area contributed by atoms with E-state index >= 15 is 0 Å². The molecular weight excluding hydrogens is 492 g/mol. The van der Waals surface area contributed by atoms with Crippen molar-refractivity contribution in [1.29, 1.82) is 0 Å². The van der Waals surface area contributed by atoms with Gasteiger partial charge in [-0.05, 0) is 19.1 Å². The van der Waals surface area contributed by atoms with E-state index in [1.807, 2.05) is 43.1 Å². The lowest BCUT2D eigenvalue weighted by Gasteiger charge is -2.21. The summed E-state index contributed by atoms with van der Waals surface area (Å²) in [6.45, 7) is 3.21. The van der Waals surface area contributed by atoms with Gasteiger partial charge in [-0.3, -0.25) is 4.99 Å². The van der Waals surface area contributed by atoms with Crippen molar-refractivity contribution < 1.29 is 17.9 Å². The summed E-state index contributed by atoms with van der Waals surface area (Å²) in [5.74, 6) is 1.34. The van der Waals surface area contributed by atoms with Crippen LogP contribution in [0.15, 0.2) is 34.6 Å². The summed E-state index contributed by atoms with van der Waals surface area (Å²) in [6, 6.07) is 7.76. The molecule has 0 unspecified atom stereocenters. The molecule has 0 aliphatic carbocycles. The molecule has 1 aromatic carbocycles. The topological polar surface area (TPSA) is 49.8 Å². The van der Waals surface area contributed by atoms with Gasteiger partial charge in [0.2, 0.25) is 0 Å². The lowest BCUT2D eigenvalue weighted by atomic mass is 10.2. The smallest absolute Gasteiger partial charge is 0.434 e. The number of hydrogen-bond acceptors (Lipinski definition) is 4. The standard InChI is InChI=1S/C17H21F3N4OS.HI/c1-12-4-6-13(7-5-12)25-9-8-24(3)16(21-2)22-10-15-23-14(11-26-15)17(18,19)20;/h4-7,11H,8-10H2,1-3H3,(H,21,22);1H. The van der Waals surface area contributed by atoms with Gasteiger partial charge < -0.3 is 15.0 Å². The highest BCUT2D eigenvalue weighted by Crippen LogP contribution is 2.29. The van der Waals surface area contributed by atoms with Gasteiger partial charge in [-0.15, -0.1) is 35.3 Å². The number of ether oxygens (including phenoxy) is 1. The first-order valence-electron chi connectivity index (χ1n) is 7.92. The SMILES string of the molecule is CN=C(NCc1nc(C(F)(F)F)cs1)N(C)CCOc1ccc(C)cc1.I. The molecule has 1 heterocycles. The normalized spacial score (nSPS) is 11.7. The second kappa shape index (κ2) is 10.7. The van der Waals surface area contributed by atoms with Gasteiger partial charge >= 0.3 is 6.18 Å². The minimum Gasteiger partial charge on any atom is -0.492 e. The number of aryl methyl sites for hydroxylation is 1. The molecule has 0 aliphatic heterocycles. The summed E-state index contributed by atoms with van der Waals surface area (Å²) >= 11 is 0.965. The van der Waals surface area contributed by atoms with Crippen LogP contribution in [0.2, 0.25) is 0 Å². The van der Waals surface area contributed by atoms with Crippen molar-refractivity contribution in [3.63, 3.8) is 0 Å². The van der Waals surface area contributed by atoms with Gasteiger partial charge in [0.25, 0.3) is 0 Å². The third-order valence-electron chi connectivity index (χ3n) is 3.53. The van der Waals surface area contributed by atoms with Crippen LogP contribution in [0.5, 0.6) is 5.75 Å². The third kappa shape index (κ3) is 7.53. The van der Waals surface area contributed by atoms with Gasteiger partial charge in [-0.2, -0.15) is 13.2 Å². The minimum absolute atomic E-state index is 0. The van der Waals surface area contributed by atoms with E-state index in [0.717, 1.165) is 28.0 Å². The van der Waals surface area contributed by atoms with E-state index in [4.69, 9.17) is 4.74 Å². The monoisotopic (exact) mass is 514 g/mol. The summed E-state index contributed by atoms with van der Waals surface area (Å²) in [4.78, 5) is 9.55. The maximum atomic E-state index is 12.6. The average Bonchev–Trinajstić information content (AvgIpc) is 3.06. The van der Waals surface area contributed by atoms with E-state index in [0.29, 0.717) is 24.1 Å². The molecule has 0 radical (unpaired) electrons. The molecule has 27 heavy (non-hydrogen) atoms. The van der Waals surface area contributed by atoms with E-state index in [9.17, 15) is 13.2 Å². The average molecular weight is 514 g/mol. The fourth-order valence-corrected chi connectivity index (χ4v) is 2.84. The van der Waals surface area contributed by atoms with E-state index in [-0.39, 0.29) is 30.5 Å². The van der Waals surface area contributed by atoms with Crippen LogP contribution < -0.4 is 10.1 Å². The molecule has 2 rings (SSSR count). The number of hydrogen-bond donors (Lipinski definition) is 1. The molecule has 0 fully saturated rings. The highest BCUT2D eigenvalue weighted by atomic mass is 127. The van der Waals surface area contributed by atoms with Crippen molar-refractivity contribution in [2.24, 2.45) is 4.99 Å². The molecule has 5 nitrogen and oxygen atoms in total. The van der Waals surface area contributed by atoms with E-state index in [1.165, 1.54) is 0 Å². The van der Waals surface area contributed by atoms with Gasteiger partial charge in [0, 0.05) is 19.5 Å². The van der Waals surface area contributed by atoms with Crippen molar-refractivity contribution in [3.05, 3.63) is 45.9 Å². The Bertz CT molecular complexity index is 735. The number of nitrogens with zero attached hydrogens (tertiary/aromatic N) is 3. The van der Waals surface area contributed by atoms with Crippen molar-refractivity contribution in [3.8, 4) is 5.75 Å². The van der Waals surface area contributed by atoms with E-state index in [1.54, 1.807) is 7.05 Å². The summed E-state index contributed by atoms with van der Waals surface area (Å²) in [5, 5.41) is 4.37. The van der Waals surface area contributed by atoms with Crippen LogP contribution in [0.3, 0.4) is 0 Å². The van der Waals surface area contributed by atoms with Crippen LogP contribution in [0.1, 0.15) is 16.3 Å². The van der Waals surface area contributed by atoms with Gasteiger partial charge in [0.1, 0.15) is 17.4 Å².